The van der Waals surface area contributed by atoms with Crippen LogP contribution in [-0.4, -0.2) is 6.36 Å². The minimum Gasteiger partial charge on any atom is -0.406 e. The highest BCUT2D eigenvalue weighted by Crippen LogP contribution is 2.38. The van der Waals surface area contributed by atoms with Crippen LogP contribution in [0.4, 0.5) is 17.6 Å². The van der Waals surface area contributed by atoms with Crippen molar-refractivity contribution in [3.05, 3.63) is 77.1 Å². The van der Waals surface area contributed by atoms with Crippen LogP contribution < -0.4 is 4.74 Å². The van der Waals surface area contributed by atoms with E-state index < -0.39 is 6.36 Å². The van der Waals surface area contributed by atoms with Gasteiger partial charge in [0.25, 0.3) is 0 Å². The number of hydrogen-bond donors (Lipinski definition) is 0. The van der Waals surface area contributed by atoms with E-state index in [0.717, 1.165) is 36.0 Å². The van der Waals surface area contributed by atoms with Crippen molar-refractivity contribution >= 4 is 0 Å². The molecule has 0 saturated heterocycles. The van der Waals surface area contributed by atoms with Crippen molar-refractivity contribution in [3.8, 4) is 28.0 Å². The van der Waals surface area contributed by atoms with E-state index in [1.165, 1.54) is 67.5 Å². The van der Waals surface area contributed by atoms with Gasteiger partial charge in [0, 0.05) is 5.56 Å². The zero-order valence-corrected chi connectivity index (χ0v) is 18.8. The molecule has 0 N–H and O–H groups in total. The molecule has 0 amide bonds. The molecule has 1 nitrogen and oxygen atoms in total. The first-order chi connectivity index (χ1) is 15.8. The largest absolute Gasteiger partial charge is 0.573 e. The summed E-state index contributed by atoms with van der Waals surface area (Å²) in [6.07, 6.45) is 4.31. The molecule has 0 spiro atoms. The van der Waals surface area contributed by atoms with E-state index in [1.54, 1.807) is 6.07 Å². The molecule has 0 aliphatic heterocycles. The Kier molecular flexibility index (Phi) is 7.06. The van der Waals surface area contributed by atoms with Gasteiger partial charge < -0.3 is 4.74 Å². The van der Waals surface area contributed by atoms with Gasteiger partial charge in [-0.2, -0.15) is 0 Å². The quantitative estimate of drug-likeness (QED) is 0.243. The third-order valence-electron chi connectivity index (χ3n) is 6.28. The van der Waals surface area contributed by atoms with Gasteiger partial charge in [-0.3, -0.25) is 0 Å². The lowest BCUT2D eigenvalue weighted by atomic mass is 9.83. The Morgan fingerprint density at radius 3 is 2.15 bits per heavy atom. The average molecular weight is 457 g/mol. The Bertz CT molecular complexity index is 1100. The van der Waals surface area contributed by atoms with E-state index in [9.17, 15) is 13.2 Å². The molecule has 3 aromatic rings. The van der Waals surface area contributed by atoms with E-state index in [4.69, 9.17) is 0 Å². The van der Waals surface area contributed by atoms with Crippen molar-refractivity contribution in [2.45, 2.75) is 64.7 Å². The summed E-state index contributed by atoms with van der Waals surface area (Å²) in [6, 6.07) is 15.2. The summed E-state index contributed by atoms with van der Waals surface area (Å²) in [5.74, 6) is -0.703. The topological polar surface area (TPSA) is 9.23 Å². The third-order valence-corrected chi connectivity index (χ3v) is 6.28. The number of unbranched alkanes of at least 4 members (excludes halogenated alkanes) is 4. The van der Waals surface area contributed by atoms with E-state index in [2.05, 4.69) is 29.9 Å². The fourth-order valence-corrected chi connectivity index (χ4v) is 4.61. The van der Waals surface area contributed by atoms with Crippen LogP contribution in [0, 0.1) is 5.82 Å². The highest BCUT2D eigenvalue weighted by Gasteiger charge is 2.31. The molecule has 0 fully saturated rings. The summed E-state index contributed by atoms with van der Waals surface area (Å²) in [6.45, 7) is 2.22. The van der Waals surface area contributed by atoms with Crippen LogP contribution in [0.3, 0.4) is 0 Å². The molecule has 0 radical (unpaired) electrons. The molecular weight excluding hydrogens is 428 g/mol. The van der Waals surface area contributed by atoms with Gasteiger partial charge in [0.15, 0.2) is 0 Å². The monoisotopic (exact) mass is 456 g/mol. The van der Waals surface area contributed by atoms with Gasteiger partial charge in [0.05, 0.1) is 0 Å². The first kappa shape index (κ1) is 23.3. The number of fused-ring (bicyclic) bond motifs is 3. The predicted octanol–water partition coefficient (Wildman–Crippen LogP) is 8.67. The summed E-state index contributed by atoms with van der Waals surface area (Å²) in [4.78, 5) is 0. The lowest BCUT2D eigenvalue weighted by molar-refractivity contribution is -0.274. The molecule has 5 heteroatoms. The molecule has 174 valence electrons. The second-order valence-corrected chi connectivity index (χ2v) is 8.72. The molecule has 3 aromatic carbocycles. The zero-order valence-electron chi connectivity index (χ0n) is 18.8. The molecule has 0 saturated carbocycles. The number of hydrogen-bond acceptors (Lipinski definition) is 1. The lowest BCUT2D eigenvalue weighted by Crippen LogP contribution is -2.16. The van der Waals surface area contributed by atoms with Gasteiger partial charge in [0.2, 0.25) is 0 Å². The van der Waals surface area contributed by atoms with Crippen molar-refractivity contribution in [3.63, 3.8) is 0 Å². The highest BCUT2D eigenvalue weighted by molar-refractivity contribution is 5.78. The average Bonchev–Trinajstić information content (AvgIpc) is 2.78. The van der Waals surface area contributed by atoms with Crippen LogP contribution in [0.25, 0.3) is 22.3 Å². The van der Waals surface area contributed by atoms with E-state index in [1.807, 2.05) is 6.07 Å². The molecule has 0 unspecified atom stereocenters. The van der Waals surface area contributed by atoms with E-state index in [0.29, 0.717) is 11.1 Å². The molecular formula is C28H28F4O. The number of rotatable bonds is 8. The smallest absolute Gasteiger partial charge is 0.406 e. The van der Waals surface area contributed by atoms with Crippen molar-refractivity contribution in [1.29, 1.82) is 0 Å². The zero-order chi connectivity index (χ0) is 23.4. The number of alkyl halides is 3. The third kappa shape index (κ3) is 5.76. The van der Waals surface area contributed by atoms with Crippen molar-refractivity contribution < 1.29 is 22.3 Å². The van der Waals surface area contributed by atoms with Gasteiger partial charge in [-0.05, 0) is 83.3 Å². The van der Waals surface area contributed by atoms with Gasteiger partial charge in [-0.25, -0.2) is 4.39 Å². The minimum atomic E-state index is -4.75. The molecule has 1 aliphatic carbocycles. The summed E-state index contributed by atoms with van der Waals surface area (Å²) >= 11 is 0. The maximum atomic E-state index is 15.1. The van der Waals surface area contributed by atoms with Gasteiger partial charge in [-0.15, -0.1) is 13.2 Å². The maximum absolute atomic E-state index is 15.1. The Balaban J connectivity index is 1.53. The molecule has 0 bridgehead atoms. The second kappa shape index (κ2) is 9.98. The van der Waals surface area contributed by atoms with Crippen molar-refractivity contribution in [1.82, 2.24) is 0 Å². The van der Waals surface area contributed by atoms with Gasteiger partial charge >= 0.3 is 6.36 Å². The number of ether oxygens (including phenoxy) is 1. The molecule has 0 aromatic heterocycles. The minimum absolute atomic E-state index is 0.320. The van der Waals surface area contributed by atoms with Crippen LogP contribution in [0.5, 0.6) is 5.75 Å². The van der Waals surface area contributed by atoms with Crippen molar-refractivity contribution in [2.75, 3.05) is 0 Å². The summed E-state index contributed by atoms with van der Waals surface area (Å²) in [5, 5.41) is 0. The number of aryl methyl sites for hydroxylation is 3. The fraction of sp³-hybridized carbons (Fsp3) is 0.357. The Labute approximate surface area is 192 Å². The van der Waals surface area contributed by atoms with E-state index in [-0.39, 0.29) is 11.6 Å². The van der Waals surface area contributed by atoms with Gasteiger partial charge in [-0.1, -0.05) is 62.9 Å². The molecule has 1 aliphatic rings. The Hall–Kier alpha value is -2.82. The standard InChI is InChI=1S/C28H28F4O/c1-2-3-4-5-6-7-19-8-15-24-21(16-19)9-10-22-17-26(27(29)18-25(22)24)20-11-13-23(14-12-20)33-28(30,31)32/h8,11-18H,2-7,9-10H2,1H3. The molecule has 0 heterocycles. The van der Waals surface area contributed by atoms with Crippen molar-refractivity contribution in [2.24, 2.45) is 0 Å². The fourth-order valence-electron chi connectivity index (χ4n) is 4.61. The first-order valence-electron chi connectivity index (χ1n) is 11.6. The normalized spacial score (nSPS) is 12.9. The summed E-state index contributed by atoms with van der Waals surface area (Å²) in [7, 11) is 0. The second-order valence-electron chi connectivity index (χ2n) is 8.72. The number of benzene rings is 3. The van der Waals surface area contributed by atoms with Crippen LogP contribution in [-0.2, 0) is 19.3 Å². The Morgan fingerprint density at radius 2 is 1.45 bits per heavy atom. The molecule has 0 atom stereocenters. The predicted molar refractivity (Wildman–Crippen MR) is 124 cm³/mol. The lowest BCUT2D eigenvalue weighted by Gasteiger charge is -2.22. The highest BCUT2D eigenvalue weighted by atomic mass is 19.4. The van der Waals surface area contributed by atoms with E-state index >= 15 is 4.39 Å². The number of halogens is 4. The Morgan fingerprint density at radius 1 is 0.758 bits per heavy atom. The maximum Gasteiger partial charge on any atom is 0.573 e. The first-order valence-corrected chi connectivity index (χ1v) is 11.6. The summed E-state index contributed by atoms with van der Waals surface area (Å²) < 4.78 is 56.1. The van der Waals surface area contributed by atoms with Crippen LogP contribution in [0.1, 0.15) is 55.7 Å². The van der Waals surface area contributed by atoms with Gasteiger partial charge in [0.1, 0.15) is 11.6 Å². The van der Waals surface area contributed by atoms with Crippen LogP contribution in [0.15, 0.2) is 54.6 Å². The molecule has 4 rings (SSSR count). The molecule has 33 heavy (non-hydrogen) atoms. The summed E-state index contributed by atoms with van der Waals surface area (Å²) in [5.41, 5.74) is 6.55. The van der Waals surface area contributed by atoms with Crippen LogP contribution >= 0.6 is 0 Å². The SMILES string of the molecule is CCCCCCCc1ccc2c(c1)CCc1cc(-c3ccc(OC(F)(F)F)cc3)c(F)cc1-2. The van der Waals surface area contributed by atoms with Crippen LogP contribution in [0.2, 0.25) is 0 Å².